The van der Waals surface area contributed by atoms with Crippen LogP contribution in [0.25, 0.3) is 0 Å². The second-order valence-corrected chi connectivity index (χ2v) is 9.80. The third-order valence-electron chi connectivity index (χ3n) is 6.60. The van der Waals surface area contributed by atoms with Gasteiger partial charge in [0.25, 0.3) is 0 Å². The van der Waals surface area contributed by atoms with Gasteiger partial charge in [0, 0.05) is 0 Å². The molecule has 0 aliphatic carbocycles. The molecule has 0 rings (SSSR count). The first-order valence-corrected chi connectivity index (χ1v) is 14.0. The highest BCUT2D eigenvalue weighted by molar-refractivity contribution is 4.81. The molecule has 2 radical (unpaired) electrons. The van der Waals surface area contributed by atoms with Crippen LogP contribution in [-0.4, -0.2) is 0 Å². The minimum absolute atomic E-state index is 0.941. The monoisotopic (exact) mass is 418 g/mol. The number of rotatable bonds is 25. The largest absolute Gasteiger partial charge is 0.0885 e. The lowest BCUT2D eigenvalue weighted by Crippen LogP contribution is -1.95. The molecule has 0 aliphatic heterocycles. The Hall–Kier alpha value is -0.260. The summed E-state index contributed by atoms with van der Waals surface area (Å²) in [7, 11) is 0. The SMILES string of the molecule is [CH2]CC=CCCCCCCCCCC(C)CCCCCCCCCCCCCC[CH2]. The summed E-state index contributed by atoms with van der Waals surface area (Å²) in [4.78, 5) is 0. The minimum Gasteiger partial charge on any atom is -0.0885 e. The Morgan fingerprint density at radius 1 is 0.467 bits per heavy atom. The van der Waals surface area contributed by atoms with E-state index < -0.39 is 0 Å². The molecule has 0 fully saturated rings. The molecule has 30 heavy (non-hydrogen) atoms. The van der Waals surface area contributed by atoms with E-state index in [1.54, 1.807) is 0 Å². The minimum atomic E-state index is 0.941. The van der Waals surface area contributed by atoms with Crippen molar-refractivity contribution in [3.05, 3.63) is 26.0 Å². The van der Waals surface area contributed by atoms with Gasteiger partial charge in [-0.3, -0.25) is 0 Å². The van der Waals surface area contributed by atoms with Crippen molar-refractivity contribution in [3.63, 3.8) is 0 Å². The van der Waals surface area contributed by atoms with E-state index in [0.29, 0.717) is 0 Å². The normalized spacial score (nSPS) is 12.8. The highest BCUT2D eigenvalue weighted by atomic mass is 14.1. The molecule has 0 aromatic rings. The number of unbranched alkanes of at least 4 members (excludes halogenated alkanes) is 19. The van der Waals surface area contributed by atoms with Crippen LogP contribution in [0.15, 0.2) is 12.2 Å². The fourth-order valence-corrected chi connectivity index (χ4v) is 4.46. The molecule has 0 saturated carbocycles. The van der Waals surface area contributed by atoms with Crippen LogP contribution in [0.4, 0.5) is 0 Å². The molecule has 178 valence electrons. The van der Waals surface area contributed by atoms with E-state index in [4.69, 9.17) is 0 Å². The zero-order valence-electron chi connectivity index (χ0n) is 21.1. The predicted octanol–water partition coefficient (Wildman–Crippen LogP) is 11.2. The van der Waals surface area contributed by atoms with Crippen molar-refractivity contribution in [2.24, 2.45) is 5.92 Å². The Kier molecular flexibility index (Phi) is 26.5. The van der Waals surface area contributed by atoms with Crippen molar-refractivity contribution in [1.29, 1.82) is 0 Å². The van der Waals surface area contributed by atoms with Gasteiger partial charge in [-0.25, -0.2) is 0 Å². The fraction of sp³-hybridized carbons (Fsp3) is 0.867. The summed E-state index contributed by atoms with van der Waals surface area (Å²) in [6, 6.07) is 0. The van der Waals surface area contributed by atoms with Crippen LogP contribution in [-0.2, 0) is 0 Å². The van der Waals surface area contributed by atoms with Gasteiger partial charge in [-0.2, -0.15) is 0 Å². The topological polar surface area (TPSA) is 0 Å². The van der Waals surface area contributed by atoms with Crippen LogP contribution in [0.2, 0.25) is 0 Å². The molecule has 0 aromatic carbocycles. The van der Waals surface area contributed by atoms with Crippen molar-refractivity contribution >= 4 is 0 Å². The van der Waals surface area contributed by atoms with Crippen LogP contribution in [0, 0.1) is 19.8 Å². The quantitative estimate of drug-likeness (QED) is 0.102. The summed E-state index contributed by atoms with van der Waals surface area (Å²) in [5, 5.41) is 0. The molecule has 0 amide bonds. The van der Waals surface area contributed by atoms with E-state index in [0.717, 1.165) is 18.8 Å². The third kappa shape index (κ3) is 25.8. The predicted molar refractivity (Wildman–Crippen MR) is 140 cm³/mol. The van der Waals surface area contributed by atoms with Crippen LogP contribution < -0.4 is 0 Å². The van der Waals surface area contributed by atoms with Gasteiger partial charge in [0.15, 0.2) is 0 Å². The summed E-state index contributed by atoms with van der Waals surface area (Å²) in [6.07, 6.45) is 38.1. The molecule has 0 aromatic heterocycles. The lowest BCUT2D eigenvalue weighted by molar-refractivity contribution is 0.430. The second-order valence-electron chi connectivity index (χ2n) is 9.80. The van der Waals surface area contributed by atoms with E-state index in [-0.39, 0.29) is 0 Å². The Morgan fingerprint density at radius 2 is 0.833 bits per heavy atom. The zero-order valence-corrected chi connectivity index (χ0v) is 21.1. The molecule has 0 spiro atoms. The van der Waals surface area contributed by atoms with Crippen molar-refractivity contribution in [1.82, 2.24) is 0 Å². The van der Waals surface area contributed by atoms with Gasteiger partial charge >= 0.3 is 0 Å². The Bertz CT molecular complexity index is 316. The summed E-state index contributed by atoms with van der Waals surface area (Å²) in [5.41, 5.74) is 0. The Balaban J connectivity index is 3.15. The van der Waals surface area contributed by atoms with E-state index in [9.17, 15) is 0 Å². The summed E-state index contributed by atoms with van der Waals surface area (Å²) >= 11 is 0. The number of hydrogen-bond donors (Lipinski definition) is 0. The van der Waals surface area contributed by atoms with Gasteiger partial charge in [-0.1, -0.05) is 161 Å². The standard InChI is InChI=1S/C30H58/c1-4-6-8-10-12-14-16-17-19-21-23-25-27-29-30(3)28-26-24-22-20-18-15-13-11-9-7-5-2/h7,9,30H,1-2,4-6,8,10-29H2,3H3. The molecule has 0 bridgehead atoms. The number of hydrogen-bond acceptors (Lipinski definition) is 0. The van der Waals surface area contributed by atoms with E-state index in [1.807, 2.05) is 0 Å². The van der Waals surface area contributed by atoms with Crippen molar-refractivity contribution in [2.45, 2.75) is 161 Å². The van der Waals surface area contributed by atoms with Crippen molar-refractivity contribution in [2.75, 3.05) is 0 Å². The van der Waals surface area contributed by atoms with Crippen LogP contribution >= 0.6 is 0 Å². The second kappa shape index (κ2) is 26.8. The summed E-state index contributed by atoms with van der Waals surface area (Å²) < 4.78 is 0. The maximum Gasteiger partial charge on any atom is -0.0351 e. The average molecular weight is 419 g/mol. The van der Waals surface area contributed by atoms with Crippen LogP contribution in [0.5, 0.6) is 0 Å². The Labute approximate surface area is 193 Å². The van der Waals surface area contributed by atoms with E-state index in [1.165, 1.54) is 141 Å². The first-order chi connectivity index (χ1) is 14.8. The molecule has 0 heterocycles. The highest BCUT2D eigenvalue weighted by Gasteiger charge is 2.02. The molecular weight excluding hydrogens is 360 g/mol. The van der Waals surface area contributed by atoms with E-state index >= 15 is 0 Å². The molecular formula is C30H58. The Morgan fingerprint density at radius 3 is 1.23 bits per heavy atom. The molecule has 0 nitrogen and oxygen atoms in total. The van der Waals surface area contributed by atoms with Crippen LogP contribution in [0.3, 0.4) is 0 Å². The van der Waals surface area contributed by atoms with Gasteiger partial charge in [-0.15, -0.1) is 0 Å². The van der Waals surface area contributed by atoms with Crippen molar-refractivity contribution < 1.29 is 0 Å². The molecule has 1 atom stereocenters. The molecule has 0 aliphatic rings. The maximum atomic E-state index is 3.92. The third-order valence-corrected chi connectivity index (χ3v) is 6.60. The fourth-order valence-electron chi connectivity index (χ4n) is 4.46. The maximum absolute atomic E-state index is 3.92. The van der Waals surface area contributed by atoms with Gasteiger partial charge in [0.1, 0.15) is 0 Å². The van der Waals surface area contributed by atoms with E-state index in [2.05, 4.69) is 32.9 Å². The van der Waals surface area contributed by atoms with Gasteiger partial charge in [0.05, 0.1) is 0 Å². The van der Waals surface area contributed by atoms with Gasteiger partial charge in [0.2, 0.25) is 0 Å². The lowest BCUT2D eigenvalue weighted by Gasteiger charge is -2.11. The van der Waals surface area contributed by atoms with Crippen LogP contribution in [0.1, 0.15) is 161 Å². The van der Waals surface area contributed by atoms with Gasteiger partial charge in [-0.05, 0) is 32.1 Å². The van der Waals surface area contributed by atoms with Crippen molar-refractivity contribution in [3.8, 4) is 0 Å². The smallest absolute Gasteiger partial charge is 0.0351 e. The first kappa shape index (κ1) is 29.7. The molecule has 0 saturated heterocycles. The summed E-state index contributed by atoms with van der Waals surface area (Å²) in [6.45, 7) is 10.2. The lowest BCUT2D eigenvalue weighted by atomic mass is 9.95. The highest BCUT2D eigenvalue weighted by Crippen LogP contribution is 2.19. The van der Waals surface area contributed by atoms with Gasteiger partial charge < -0.3 is 0 Å². The average Bonchev–Trinajstić information content (AvgIpc) is 2.75. The molecule has 0 N–H and O–H groups in total. The molecule has 1 unspecified atom stereocenters. The first-order valence-electron chi connectivity index (χ1n) is 14.0. The molecule has 0 heteroatoms. The summed E-state index contributed by atoms with van der Waals surface area (Å²) in [5.74, 6) is 0.952. The zero-order chi connectivity index (χ0) is 22.0. The number of allylic oxidation sites excluding steroid dienone is 2.